The predicted octanol–water partition coefficient (Wildman–Crippen LogP) is 1.89. The van der Waals surface area contributed by atoms with Crippen LogP contribution in [0.15, 0.2) is 0 Å². The minimum atomic E-state index is 0.0581. The number of likely N-dealkylation sites (tertiary alicyclic amines) is 1. The van der Waals surface area contributed by atoms with Gasteiger partial charge in [0.25, 0.3) is 0 Å². The van der Waals surface area contributed by atoms with Crippen LogP contribution in [0, 0.1) is 17.8 Å². The van der Waals surface area contributed by atoms with E-state index in [4.69, 9.17) is 4.74 Å². The van der Waals surface area contributed by atoms with Crippen LogP contribution in [0.2, 0.25) is 0 Å². The summed E-state index contributed by atoms with van der Waals surface area (Å²) in [6.07, 6.45) is 2.49. The molecule has 2 heterocycles. The van der Waals surface area contributed by atoms with E-state index in [1.807, 2.05) is 0 Å². The molecule has 1 amide bonds. The van der Waals surface area contributed by atoms with Crippen LogP contribution in [0.1, 0.15) is 40.5 Å². The van der Waals surface area contributed by atoms with Crippen LogP contribution in [-0.4, -0.2) is 49.2 Å². The van der Waals surface area contributed by atoms with Gasteiger partial charge in [-0.1, -0.05) is 27.7 Å². The molecule has 116 valence electrons. The van der Waals surface area contributed by atoms with Gasteiger partial charge in [0.15, 0.2) is 0 Å². The Balaban J connectivity index is 1.82. The number of carbonyl (C=O) groups excluding carboxylic acids is 1. The van der Waals surface area contributed by atoms with Crippen molar-refractivity contribution in [2.45, 2.75) is 52.7 Å². The summed E-state index contributed by atoms with van der Waals surface area (Å²) in [5.41, 5.74) is 0. The molecular formula is C16H30N2O2. The van der Waals surface area contributed by atoms with Crippen LogP contribution in [0.4, 0.5) is 0 Å². The minimum absolute atomic E-state index is 0.0581. The average Bonchev–Trinajstić information content (AvgIpc) is 2.68. The Kier molecular flexibility index (Phi) is 5.44. The number of hydrogen-bond acceptors (Lipinski definition) is 3. The number of amides is 1. The summed E-state index contributed by atoms with van der Waals surface area (Å²) in [5, 5.41) is 3.06. The molecule has 2 bridgehead atoms. The number of rotatable bonds is 6. The smallest absolute Gasteiger partial charge is 0.225 e. The van der Waals surface area contributed by atoms with Crippen LogP contribution in [0.5, 0.6) is 0 Å². The first kappa shape index (κ1) is 15.8. The van der Waals surface area contributed by atoms with Gasteiger partial charge in [0.1, 0.15) is 0 Å². The Bertz CT molecular complexity index is 330. The molecule has 3 atom stereocenters. The summed E-state index contributed by atoms with van der Waals surface area (Å²) >= 11 is 0. The first-order valence-electron chi connectivity index (χ1n) is 8.11. The van der Waals surface area contributed by atoms with Crippen LogP contribution in [-0.2, 0) is 9.53 Å². The summed E-state index contributed by atoms with van der Waals surface area (Å²) in [6, 6.07) is 0. The van der Waals surface area contributed by atoms with Gasteiger partial charge in [0.05, 0.1) is 18.1 Å². The third-order valence-electron chi connectivity index (χ3n) is 4.28. The molecular weight excluding hydrogens is 252 g/mol. The molecule has 2 fully saturated rings. The molecule has 2 rings (SSSR count). The number of nitrogens with one attached hydrogen (secondary N) is 1. The van der Waals surface area contributed by atoms with Crippen LogP contribution >= 0.6 is 0 Å². The van der Waals surface area contributed by atoms with Crippen molar-refractivity contribution in [3.8, 4) is 0 Å². The normalized spacial score (nSPS) is 30.2. The molecule has 0 aromatic carbocycles. The second kappa shape index (κ2) is 6.90. The summed E-state index contributed by atoms with van der Waals surface area (Å²) in [4.78, 5) is 14.7. The summed E-state index contributed by atoms with van der Waals surface area (Å²) in [6.45, 7) is 12.6. The largest absolute Gasteiger partial charge is 0.371 e. The number of ether oxygens (including phenoxy) is 1. The SMILES string of the molecule is CC(C)CCN1C[C@@H]2C[C@H](C(=O)NCC(C)C)[C@H](C1)O2. The van der Waals surface area contributed by atoms with Crippen molar-refractivity contribution in [1.82, 2.24) is 10.2 Å². The average molecular weight is 282 g/mol. The minimum Gasteiger partial charge on any atom is -0.371 e. The molecule has 2 aliphatic rings. The van der Waals surface area contributed by atoms with Gasteiger partial charge in [-0.15, -0.1) is 0 Å². The summed E-state index contributed by atoms with van der Waals surface area (Å²) in [7, 11) is 0. The molecule has 0 aliphatic carbocycles. The van der Waals surface area contributed by atoms with E-state index in [9.17, 15) is 4.79 Å². The third-order valence-corrected chi connectivity index (χ3v) is 4.28. The van der Waals surface area contributed by atoms with E-state index in [2.05, 4.69) is 37.9 Å². The molecule has 0 radical (unpaired) electrons. The van der Waals surface area contributed by atoms with Gasteiger partial charge >= 0.3 is 0 Å². The fourth-order valence-corrected chi connectivity index (χ4v) is 3.07. The molecule has 2 aliphatic heterocycles. The lowest BCUT2D eigenvalue weighted by atomic mass is 9.99. The predicted molar refractivity (Wildman–Crippen MR) is 80.5 cm³/mol. The molecule has 4 heteroatoms. The lowest BCUT2D eigenvalue weighted by Crippen LogP contribution is -2.46. The monoisotopic (exact) mass is 282 g/mol. The Hall–Kier alpha value is -0.610. The van der Waals surface area contributed by atoms with E-state index in [-0.39, 0.29) is 24.0 Å². The highest BCUT2D eigenvalue weighted by Crippen LogP contribution is 2.32. The molecule has 0 aromatic rings. The van der Waals surface area contributed by atoms with Gasteiger partial charge in [0, 0.05) is 19.6 Å². The van der Waals surface area contributed by atoms with E-state index >= 15 is 0 Å². The lowest BCUT2D eigenvalue weighted by molar-refractivity contribution is -0.128. The highest BCUT2D eigenvalue weighted by atomic mass is 16.5. The van der Waals surface area contributed by atoms with Gasteiger partial charge in [-0.2, -0.15) is 0 Å². The highest BCUT2D eigenvalue weighted by molar-refractivity contribution is 5.79. The zero-order valence-corrected chi connectivity index (χ0v) is 13.4. The van der Waals surface area contributed by atoms with Crippen molar-refractivity contribution < 1.29 is 9.53 Å². The molecule has 20 heavy (non-hydrogen) atoms. The topological polar surface area (TPSA) is 41.6 Å². The standard InChI is InChI=1S/C16H30N2O2/c1-11(2)5-6-18-9-13-7-14(15(10-18)20-13)16(19)17-8-12(3)4/h11-15H,5-10H2,1-4H3,(H,17,19)/t13-,14-,15-/m0/s1. The Morgan fingerprint density at radius 2 is 2.00 bits per heavy atom. The highest BCUT2D eigenvalue weighted by Gasteiger charge is 2.44. The maximum atomic E-state index is 12.3. The lowest BCUT2D eigenvalue weighted by Gasteiger charge is -2.33. The Morgan fingerprint density at radius 1 is 1.25 bits per heavy atom. The van der Waals surface area contributed by atoms with Gasteiger partial charge in [-0.25, -0.2) is 0 Å². The quantitative estimate of drug-likeness (QED) is 0.809. The van der Waals surface area contributed by atoms with E-state index in [0.29, 0.717) is 5.92 Å². The van der Waals surface area contributed by atoms with E-state index in [0.717, 1.165) is 38.5 Å². The number of carbonyl (C=O) groups is 1. The Labute approximate surface area is 123 Å². The van der Waals surface area contributed by atoms with Crippen molar-refractivity contribution in [3.63, 3.8) is 0 Å². The molecule has 0 saturated carbocycles. The summed E-state index contributed by atoms with van der Waals surface area (Å²) in [5.74, 6) is 1.49. The number of hydrogen-bond donors (Lipinski definition) is 1. The van der Waals surface area contributed by atoms with Crippen LogP contribution < -0.4 is 5.32 Å². The second-order valence-electron chi connectivity index (χ2n) is 7.22. The van der Waals surface area contributed by atoms with E-state index < -0.39 is 0 Å². The molecule has 1 N–H and O–H groups in total. The molecule has 4 nitrogen and oxygen atoms in total. The first-order valence-corrected chi connectivity index (χ1v) is 8.11. The first-order chi connectivity index (χ1) is 9.45. The zero-order valence-electron chi connectivity index (χ0n) is 13.4. The summed E-state index contributed by atoms with van der Waals surface area (Å²) < 4.78 is 5.97. The van der Waals surface area contributed by atoms with Gasteiger partial charge < -0.3 is 10.1 Å². The van der Waals surface area contributed by atoms with E-state index in [1.54, 1.807) is 0 Å². The fourth-order valence-electron chi connectivity index (χ4n) is 3.07. The van der Waals surface area contributed by atoms with Crippen molar-refractivity contribution in [1.29, 1.82) is 0 Å². The molecule has 0 aromatic heterocycles. The second-order valence-corrected chi connectivity index (χ2v) is 7.22. The van der Waals surface area contributed by atoms with Crippen molar-refractivity contribution in [3.05, 3.63) is 0 Å². The molecule has 0 unspecified atom stereocenters. The molecule has 0 spiro atoms. The van der Waals surface area contributed by atoms with Gasteiger partial charge in [-0.05, 0) is 31.2 Å². The number of nitrogens with zero attached hydrogens (tertiary/aromatic N) is 1. The number of fused-ring (bicyclic) bond motifs is 2. The van der Waals surface area contributed by atoms with Crippen molar-refractivity contribution in [2.24, 2.45) is 17.8 Å². The maximum Gasteiger partial charge on any atom is 0.225 e. The van der Waals surface area contributed by atoms with Gasteiger partial charge in [0.2, 0.25) is 5.91 Å². The van der Waals surface area contributed by atoms with E-state index in [1.165, 1.54) is 6.42 Å². The zero-order chi connectivity index (χ0) is 14.7. The third kappa shape index (κ3) is 4.19. The van der Waals surface area contributed by atoms with Crippen LogP contribution in [0.25, 0.3) is 0 Å². The maximum absolute atomic E-state index is 12.3. The van der Waals surface area contributed by atoms with Crippen molar-refractivity contribution >= 4 is 5.91 Å². The Morgan fingerprint density at radius 3 is 2.65 bits per heavy atom. The number of morpholine rings is 1. The van der Waals surface area contributed by atoms with Gasteiger partial charge in [-0.3, -0.25) is 9.69 Å². The molecule has 2 saturated heterocycles. The fraction of sp³-hybridized carbons (Fsp3) is 0.938. The van der Waals surface area contributed by atoms with Crippen LogP contribution in [0.3, 0.4) is 0 Å². The van der Waals surface area contributed by atoms with Crippen molar-refractivity contribution in [2.75, 3.05) is 26.2 Å².